The first kappa shape index (κ1) is 16.5. The van der Waals surface area contributed by atoms with Crippen LogP contribution >= 0.6 is 0 Å². The standard InChI is InChI=1S/C18H33N3/c1-6-21-17(8-10-20-21)16-11-18(4,5)9-7-15(16)13-19-12-14(2)3/h8,10,14-16,19H,6-7,9,11-13H2,1-5H3. The third kappa shape index (κ3) is 4.32. The lowest BCUT2D eigenvalue weighted by molar-refractivity contribution is 0.154. The highest BCUT2D eigenvalue weighted by molar-refractivity contribution is 5.12. The van der Waals surface area contributed by atoms with Crippen LogP contribution in [0.4, 0.5) is 0 Å². The van der Waals surface area contributed by atoms with Crippen molar-refractivity contribution in [3.05, 3.63) is 18.0 Å². The van der Waals surface area contributed by atoms with Gasteiger partial charge in [0, 0.05) is 24.4 Å². The molecule has 3 nitrogen and oxygen atoms in total. The Kier molecular flexibility index (Phi) is 5.48. The smallest absolute Gasteiger partial charge is 0.0492 e. The fourth-order valence-electron chi connectivity index (χ4n) is 3.71. The van der Waals surface area contributed by atoms with E-state index < -0.39 is 0 Å². The van der Waals surface area contributed by atoms with Crippen LogP contribution in [-0.2, 0) is 6.54 Å². The van der Waals surface area contributed by atoms with Crippen LogP contribution in [0.3, 0.4) is 0 Å². The van der Waals surface area contributed by atoms with Gasteiger partial charge in [0.2, 0.25) is 0 Å². The van der Waals surface area contributed by atoms with Crippen LogP contribution < -0.4 is 5.32 Å². The number of aryl methyl sites for hydroxylation is 1. The monoisotopic (exact) mass is 291 g/mol. The minimum atomic E-state index is 0.460. The third-order valence-electron chi connectivity index (χ3n) is 4.92. The molecule has 0 aromatic carbocycles. The van der Waals surface area contributed by atoms with Gasteiger partial charge in [-0.15, -0.1) is 0 Å². The summed E-state index contributed by atoms with van der Waals surface area (Å²) < 4.78 is 2.20. The van der Waals surface area contributed by atoms with E-state index >= 15 is 0 Å². The number of rotatable bonds is 6. The zero-order chi connectivity index (χ0) is 15.5. The number of hydrogen-bond donors (Lipinski definition) is 1. The second kappa shape index (κ2) is 6.95. The summed E-state index contributed by atoms with van der Waals surface area (Å²) >= 11 is 0. The molecule has 0 amide bonds. The molecule has 21 heavy (non-hydrogen) atoms. The van der Waals surface area contributed by atoms with Crippen molar-refractivity contribution in [3.8, 4) is 0 Å². The van der Waals surface area contributed by atoms with Gasteiger partial charge in [0.15, 0.2) is 0 Å². The number of hydrogen-bond acceptors (Lipinski definition) is 2. The van der Waals surface area contributed by atoms with Gasteiger partial charge >= 0.3 is 0 Å². The van der Waals surface area contributed by atoms with Crippen LogP contribution in [0.15, 0.2) is 12.3 Å². The predicted molar refractivity (Wildman–Crippen MR) is 89.5 cm³/mol. The molecule has 1 aliphatic carbocycles. The molecule has 1 saturated carbocycles. The number of nitrogens with zero attached hydrogens (tertiary/aromatic N) is 2. The van der Waals surface area contributed by atoms with Crippen LogP contribution in [0.2, 0.25) is 0 Å². The van der Waals surface area contributed by atoms with E-state index in [4.69, 9.17) is 0 Å². The lowest BCUT2D eigenvalue weighted by Crippen LogP contribution is -2.36. The van der Waals surface area contributed by atoms with Crippen molar-refractivity contribution in [1.29, 1.82) is 0 Å². The van der Waals surface area contributed by atoms with Crippen LogP contribution in [-0.4, -0.2) is 22.9 Å². The van der Waals surface area contributed by atoms with Crippen LogP contribution in [0.1, 0.15) is 65.5 Å². The molecule has 1 N–H and O–H groups in total. The van der Waals surface area contributed by atoms with E-state index in [9.17, 15) is 0 Å². The van der Waals surface area contributed by atoms with Gasteiger partial charge in [-0.1, -0.05) is 27.7 Å². The molecule has 2 rings (SSSR count). The molecule has 0 radical (unpaired) electrons. The van der Waals surface area contributed by atoms with Crippen LogP contribution in [0, 0.1) is 17.3 Å². The molecule has 0 bridgehead atoms. The predicted octanol–water partition coefficient (Wildman–Crippen LogP) is 4.06. The molecule has 2 unspecified atom stereocenters. The van der Waals surface area contributed by atoms with E-state index in [0.717, 1.165) is 31.5 Å². The van der Waals surface area contributed by atoms with E-state index in [1.807, 2.05) is 6.20 Å². The van der Waals surface area contributed by atoms with Crippen molar-refractivity contribution in [2.45, 2.75) is 66.3 Å². The van der Waals surface area contributed by atoms with Gasteiger partial charge in [-0.3, -0.25) is 4.68 Å². The first-order valence-corrected chi connectivity index (χ1v) is 8.65. The topological polar surface area (TPSA) is 29.9 Å². The Balaban J connectivity index is 2.10. The summed E-state index contributed by atoms with van der Waals surface area (Å²) in [6, 6.07) is 2.24. The maximum atomic E-state index is 4.50. The zero-order valence-corrected chi connectivity index (χ0v) is 14.5. The third-order valence-corrected chi connectivity index (χ3v) is 4.92. The average Bonchev–Trinajstić information content (AvgIpc) is 2.87. The van der Waals surface area contributed by atoms with Crippen molar-refractivity contribution in [3.63, 3.8) is 0 Å². The highest BCUT2D eigenvalue weighted by Gasteiger charge is 2.36. The highest BCUT2D eigenvalue weighted by Crippen LogP contribution is 2.46. The summed E-state index contributed by atoms with van der Waals surface area (Å²) in [6.07, 6.45) is 5.93. The van der Waals surface area contributed by atoms with E-state index in [0.29, 0.717) is 11.3 Å². The molecule has 0 aliphatic heterocycles. The number of nitrogens with one attached hydrogen (secondary N) is 1. The Bertz CT molecular complexity index is 433. The quantitative estimate of drug-likeness (QED) is 0.856. The molecule has 1 fully saturated rings. The molecule has 1 aliphatic rings. The van der Waals surface area contributed by atoms with Gasteiger partial charge in [-0.2, -0.15) is 5.10 Å². The van der Waals surface area contributed by atoms with E-state index in [2.05, 4.69) is 55.8 Å². The van der Waals surface area contributed by atoms with Gasteiger partial charge in [0.1, 0.15) is 0 Å². The fourth-order valence-corrected chi connectivity index (χ4v) is 3.71. The summed E-state index contributed by atoms with van der Waals surface area (Å²) in [5.41, 5.74) is 1.91. The first-order chi connectivity index (χ1) is 9.93. The largest absolute Gasteiger partial charge is 0.316 e. The Hall–Kier alpha value is -0.830. The SMILES string of the molecule is CCn1nccc1C1CC(C)(C)CCC1CNCC(C)C. The van der Waals surface area contributed by atoms with Gasteiger partial charge in [-0.25, -0.2) is 0 Å². The molecule has 1 aromatic heterocycles. The molecular weight excluding hydrogens is 258 g/mol. The Morgan fingerprint density at radius 1 is 1.43 bits per heavy atom. The summed E-state index contributed by atoms with van der Waals surface area (Å²) in [4.78, 5) is 0. The Morgan fingerprint density at radius 3 is 2.86 bits per heavy atom. The van der Waals surface area contributed by atoms with Crippen molar-refractivity contribution in [1.82, 2.24) is 15.1 Å². The summed E-state index contributed by atoms with van der Waals surface area (Å²) in [5, 5.41) is 8.18. The zero-order valence-electron chi connectivity index (χ0n) is 14.5. The normalized spacial score (nSPS) is 25.4. The fraction of sp³-hybridized carbons (Fsp3) is 0.833. The summed E-state index contributed by atoms with van der Waals surface area (Å²) in [5.74, 6) is 2.12. The van der Waals surface area contributed by atoms with Gasteiger partial charge in [-0.05, 0) is 62.6 Å². The summed E-state index contributed by atoms with van der Waals surface area (Å²) in [6.45, 7) is 14.8. The van der Waals surface area contributed by atoms with Gasteiger partial charge < -0.3 is 5.32 Å². The van der Waals surface area contributed by atoms with Crippen LogP contribution in [0.5, 0.6) is 0 Å². The first-order valence-electron chi connectivity index (χ1n) is 8.65. The minimum absolute atomic E-state index is 0.460. The Morgan fingerprint density at radius 2 is 2.19 bits per heavy atom. The van der Waals surface area contributed by atoms with Gasteiger partial charge in [0.25, 0.3) is 0 Å². The average molecular weight is 291 g/mol. The molecule has 3 heteroatoms. The molecule has 1 aromatic rings. The highest BCUT2D eigenvalue weighted by atomic mass is 15.3. The molecule has 0 saturated heterocycles. The maximum absolute atomic E-state index is 4.50. The van der Waals surface area contributed by atoms with E-state index in [-0.39, 0.29) is 0 Å². The van der Waals surface area contributed by atoms with Crippen molar-refractivity contribution >= 4 is 0 Å². The van der Waals surface area contributed by atoms with Crippen molar-refractivity contribution in [2.24, 2.45) is 17.3 Å². The second-order valence-electron chi connectivity index (χ2n) is 7.90. The lowest BCUT2D eigenvalue weighted by Gasteiger charge is -2.41. The van der Waals surface area contributed by atoms with Crippen molar-refractivity contribution in [2.75, 3.05) is 13.1 Å². The molecule has 0 spiro atoms. The Labute approximate surface area is 130 Å². The van der Waals surface area contributed by atoms with E-state index in [1.54, 1.807) is 0 Å². The molecule has 2 atom stereocenters. The molecular formula is C18H33N3. The van der Waals surface area contributed by atoms with E-state index in [1.165, 1.54) is 25.0 Å². The lowest BCUT2D eigenvalue weighted by atomic mass is 9.66. The molecule has 120 valence electrons. The second-order valence-corrected chi connectivity index (χ2v) is 7.90. The number of aromatic nitrogens is 2. The maximum Gasteiger partial charge on any atom is 0.0492 e. The van der Waals surface area contributed by atoms with Gasteiger partial charge in [0.05, 0.1) is 0 Å². The van der Waals surface area contributed by atoms with Crippen LogP contribution in [0.25, 0.3) is 0 Å². The molecule has 1 heterocycles. The van der Waals surface area contributed by atoms with Crippen molar-refractivity contribution < 1.29 is 0 Å². The minimum Gasteiger partial charge on any atom is -0.316 e. The summed E-state index contributed by atoms with van der Waals surface area (Å²) in [7, 11) is 0.